The number of rotatable bonds is 11. The van der Waals surface area contributed by atoms with Gasteiger partial charge in [-0.1, -0.05) is 24.4 Å². The topological polar surface area (TPSA) is 82.9 Å². The third-order valence-corrected chi connectivity index (χ3v) is 9.52. The molecule has 1 aromatic heterocycles. The summed E-state index contributed by atoms with van der Waals surface area (Å²) >= 11 is 8.59. The van der Waals surface area contributed by atoms with Gasteiger partial charge in [-0.3, -0.25) is 9.78 Å². The maximum Gasteiger partial charge on any atom is 0.303 e. The van der Waals surface area contributed by atoms with E-state index in [1.54, 1.807) is 13.3 Å². The Kier molecular flexibility index (Phi) is 9.19. The number of halogens is 1. The molecule has 4 rings (SSSR count). The average molecular weight is 521 g/mol. The van der Waals surface area contributed by atoms with E-state index in [2.05, 4.69) is 21.6 Å². The number of aliphatic hydroxyl groups excluding tert-OH is 1. The van der Waals surface area contributed by atoms with Crippen LogP contribution in [0.5, 0.6) is 5.75 Å². The molecule has 2 heterocycles. The highest BCUT2D eigenvalue weighted by atomic mass is 35.5. The van der Waals surface area contributed by atoms with Crippen LogP contribution in [0.15, 0.2) is 24.4 Å². The second-order valence-corrected chi connectivity index (χ2v) is 12.0. The monoisotopic (exact) mass is 520 g/mol. The van der Waals surface area contributed by atoms with E-state index in [1.165, 1.54) is 25.7 Å². The molecule has 192 valence electrons. The third kappa shape index (κ3) is 6.82. The molecule has 1 atom stereocenters. The molecule has 2 fully saturated rings. The predicted octanol–water partition coefficient (Wildman–Crippen LogP) is 5.94. The highest BCUT2D eigenvalue weighted by Gasteiger charge is 2.37. The van der Waals surface area contributed by atoms with E-state index in [-0.39, 0.29) is 11.8 Å². The summed E-state index contributed by atoms with van der Waals surface area (Å²) in [5, 5.41) is 22.9. The number of pyridine rings is 1. The number of hydrogen-bond acceptors (Lipinski definition) is 6. The van der Waals surface area contributed by atoms with Crippen molar-refractivity contribution in [2.75, 3.05) is 32.5 Å². The van der Waals surface area contributed by atoms with E-state index in [9.17, 15) is 15.0 Å². The van der Waals surface area contributed by atoms with Gasteiger partial charge in [0, 0.05) is 34.7 Å². The Morgan fingerprint density at radius 3 is 2.74 bits per heavy atom. The summed E-state index contributed by atoms with van der Waals surface area (Å²) in [5.74, 6) is 1.07. The molecular weight excluding hydrogens is 484 g/mol. The van der Waals surface area contributed by atoms with Crippen molar-refractivity contribution in [3.8, 4) is 5.75 Å². The first-order valence-electron chi connectivity index (χ1n) is 12.8. The van der Waals surface area contributed by atoms with E-state index >= 15 is 0 Å². The lowest BCUT2D eigenvalue weighted by molar-refractivity contribution is -0.141. The van der Waals surface area contributed by atoms with E-state index in [4.69, 9.17) is 16.3 Å². The first-order chi connectivity index (χ1) is 16.9. The molecule has 1 aliphatic heterocycles. The summed E-state index contributed by atoms with van der Waals surface area (Å²) in [5.41, 5.74) is 1.09. The van der Waals surface area contributed by atoms with Crippen molar-refractivity contribution in [2.24, 2.45) is 5.41 Å². The van der Waals surface area contributed by atoms with E-state index in [1.807, 2.05) is 18.2 Å². The number of carbonyl (C=O) groups is 1. The number of piperidine rings is 1. The molecule has 1 saturated heterocycles. The fourth-order valence-electron chi connectivity index (χ4n) is 5.71. The number of benzene rings is 1. The van der Waals surface area contributed by atoms with Crippen LogP contribution in [0, 0.1) is 5.41 Å². The van der Waals surface area contributed by atoms with Crippen LogP contribution in [-0.2, 0) is 4.79 Å². The molecule has 6 nitrogen and oxygen atoms in total. The standard InChI is InChI=1S/C27H37ClN2O4S/c1-34-19-6-7-23-21(16-19)26(22(28)18-29-23)24(31)8-9-27(17-25(32)33)10-12-30(13-11-27)14-15-35-20-4-2-3-5-20/h6-7,16,18,20,24,31H,2-5,8-15,17H2,1H3,(H,32,33). The summed E-state index contributed by atoms with van der Waals surface area (Å²) in [6.07, 6.45) is 9.18. The Hall–Kier alpha value is -1.54. The number of carboxylic acids is 1. The number of thioether (sulfide) groups is 1. The Labute approximate surface area is 217 Å². The van der Waals surface area contributed by atoms with Crippen LogP contribution in [-0.4, -0.2) is 63.8 Å². The molecule has 2 N–H and O–H groups in total. The van der Waals surface area contributed by atoms with Crippen LogP contribution in [0.2, 0.25) is 5.02 Å². The van der Waals surface area contributed by atoms with Crippen molar-refractivity contribution in [3.63, 3.8) is 0 Å². The molecule has 1 aromatic carbocycles. The van der Waals surface area contributed by atoms with Crippen molar-refractivity contribution in [1.82, 2.24) is 9.88 Å². The van der Waals surface area contributed by atoms with E-state index < -0.39 is 12.1 Å². The number of aliphatic carboxylic acids is 1. The van der Waals surface area contributed by atoms with Gasteiger partial charge in [-0.05, 0) is 75.2 Å². The molecule has 2 aromatic rings. The Bertz CT molecular complexity index is 1010. The number of ether oxygens (including phenoxy) is 1. The SMILES string of the molecule is COc1ccc2ncc(Cl)c(C(O)CCC3(CC(=O)O)CCN(CCSC4CCCC4)CC3)c2c1. The van der Waals surface area contributed by atoms with E-state index in [0.29, 0.717) is 29.2 Å². The van der Waals surface area contributed by atoms with Crippen molar-refractivity contribution >= 4 is 40.2 Å². The van der Waals surface area contributed by atoms with Gasteiger partial charge in [0.05, 0.1) is 30.2 Å². The van der Waals surface area contributed by atoms with Gasteiger partial charge in [0.1, 0.15) is 5.75 Å². The lowest BCUT2D eigenvalue weighted by Crippen LogP contribution is -2.42. The molecule has 0 bridgehead atoms. The van der Waals surface area contributed by atoms with Gasteiger partial charge >= 0.3 is 5.97 Å². The van der Waals surface area contributed by atoms with Crippen LogP contribution in [0.3, 0.4) is 0 Å². The number of aromatic nitrogens is 1. The first kappa shape index (κ1) is 26.5. The molecule has 0 amide bonds. The fourth-order valence-corrected chi connectivity index (χ4v) is 7.35. The van der Waals surface area contributed by atoms with Gasteiger partial charge in [0.25, 0.3) is 0 Å². The van der Waals surface area contributed by atoms with Gasteiger partial charge in [-0.2, -0.15) is 11.8 Å². The summed E-state index contributed by atoms with van der Waals surface area (Å²) < 4.78 is 5.35. The predicted molar refractivity (Wildman–Crippen MR) is 143 cm³/mol. The largest absolute Gasteiger partial charge is 0.497 e. The molecule has 1 unspecified atom stereocenters. The zero-order valence-corrected chi connectivity index (χ0v) is 22.1. The van der Waals surface area contributed by atoms with Gasteiger partial charge in [-0.25, -0.2) is 0 Å². The number of fused-ring (bicyclic) bond motifs is 1. The van der Waals surface area contributed by atoms with Crippen LogP contribution in [0.1, 0.15) is 69.5 Å². The van der Waals surface area contributed by atoms with Crippen molar-refractivity contribution in [1.29, 1.82) is 0 Å². The van der Waals surface area contributed by atoms with Crippen LogP contribution in [0.4, 0.5) is 0 Å². The number of hydrogen-bond donors (Lipinski definition) is 2. The number of aliphatic hydroxyl groups is 1. The highest BCUT2D eigenvalue weighted by molar-refractivity contribution is 7.99. The molecule has 0 spiro atoms. The Balaban J connectivity index is 1.39. The molecule has 35 heavy (non-hydrogen) atoms. The summed E-state index contributed by atoms with van der Waals surface area (Å²) in [4.78, 5) is 18.6. The zero-order chi connectivity index (χ0) is 24.8. The molecule has 1 saturated carbocycles. The molecule has 8 heteroatoms. The maximum atomic E-state index is 11.8. The van der Waals surface area contributed by atoms with Gasteiger partial charge in [-0.15, -0.1) is 0 Å². The quantitative estimate of drug-likeness (QED) is 0.379. The van der Waals surface area contributed by atoms with Crippen molar-refractivity contribution < 1.29 is 19.7 Å². The van der Waals surface area contributed by atoms with Crippen LogP contribution < -0.4 is 4.74 Å². The smallest absolute Gasteiger partial charge is 0.303 e. The van der Waals surface area contributed by atoms with Crippen LogP contribution >= 0.6 is 23.4 Å². The molecular formula is C27H37ClN2O4S. The summed E-state index contributed by atoms with van der Waals surface area (Å²) in [6, 6.07) is 5.54. The third-order valence-electron chi connectivity index (χ3n) is 7.86. The minimum Gasteiger partial charge on any atom is -0.497 e. The lowest BCUT2D eigenvalue weighted by Gasteiger charge is -2.41. The zero-order valence-electron chi connectivity index (χ0n) is 20.5. The average Bonchev–Trinajstić information content (AvgIpc) is 3.36. The normalized spacial score (nSPS) is 19.7. The Morgan fingerprint density at radius 1 is 1.31 bits per heavy atom. The molecule has 0 radical (unpaired) electrons. The Morgan fingerprint density at radius 2 is 2.06 bits per heavy atom. The summed E-state index contributed by atoms with van der Waals surface area (Å²) in [7, 11) is 1.60. The highest BCUT2D eigenvalue weighted by Crippen LogP contribution is 2.43. The van der Waals surface area contributed by atoms with Crippen LogP contribution in [0.25, 0.3) is 10.9 Å². The van der Waals surface area contributed by atoms with Gasteiger partial charge in [0.2, 0.25) is 0 Å². The van der Waals surface area contributed by atoms with E-state index in [0.717, 1.165) is 54.4 Å². The number of methoxy groups -OCH3 is 1. The minimum atomic E-state index is -0.799. The lowest BCUT2D eigenvalue weighted by atomic mass is 9.71. The molecule has 2 aliphatic rings. The summed E-state index contributed by atoms with van der Waals surface area (Å²) in [6.45, 7) is 2.92. The second kappa shape index (κ2) is 12.1. The number of likely N-dealkylation sites (tertiary alicyclic amines) is 1. The van der Waals surface area contributed by atoms with Gasteiger partial charge in [0.15, 0.2) is 0 Å². The van der Waals surface area contributed by atoms with Crippen molar-refractivity contribution in [3.05, 3.63) is 35.0 Å². The number of nitrogens with zero attached hydrogens (tertiary/aromatic N) is 2. The second-order valence-electron chi connectivity index (χ2n) is 10.1. The van der Waals surface area contributed by atoms with Crippen molar-refractivity contribution in [2.45, 2.75) is 69.1 Å². The minimum absolute atomic E-state index is 0.142. The first-order valence-corrected chi connectivity index (χ1v) is 14.2. The number of carboxylic acid groups (broad SMARTS) is 1. The fraction of sp³-hybridized carbons (Fsp3) is 0.630. The maximum absolute atomic E-state index is 11.8. The molecule has 1 aliphatic carbocycles. The van der Waals surface area contributed by atoms with Gasteiger partial charge < -0.3 is 19.8 Å².